The van der Waals surface area contributed by atoms with Crippen molar-refractivity contribution in [3.8, 4) is 11.8 Å². The molecule has 3 rings (SSSR count). The highest BCUT2D eigenvalue weighted by atomic mass is 127. The highest BCUT2D eigenvalue weighted by Gasteiger charge is 2.43. The first-order chi connectivity index (χ1) is 11.9. The van der Waals surface area contributed by atoms with Crippen LogP contribution in [0.1, 0.15) is 36.8 Å². The lowest BCUT2D eigenvalue weighted by Crippen LogP contribution is -2.42. The van der Waals surface area contributed by atoms with Gasteiger partial charge in [0.15, 0.2) is 5.96 Å². The number of hydrogen-bond acceptors (Lipinski definition) is 1. The molecule has 1 saturated heterocycles. The summed E-state index contributed by atoms with van der Waals surface area (Å²) in [5, 5.41) is 3.23. The van der Waals surface area contributed by atoms with Gasteiger partial charge in [0, 0.05) is 25.7 Å². The lowest BCUT2D eigenvalue weighted by molar-refractivity contribution is -0.137. The van der Waals surface area contributed by atoms with E-state index in [9.17, 15) is 13.2 Å². The van der Waals surface area contributed by atoms with Gasteiger partial charge in [-0.05, 0) is 48.9 Å². The van der Waals surface area contributed by atoms with E-state index in [1.54, 1.807) is 7.05 Å². The minimum atomic E-state index is -4.31. The molecule has 1 saturated carbocycles. The first-order valence-electron chi connectivity index (χ1n) is 8.54. The fraction of sp³-hybridized carbons (Fsp3) is 0.526. The van der Waals surface area contributed by atoms with Crippen LogP contribution in [0.4, 0.5) is 13.2 Å². The summed E-state index contributed by atoms with van der Waals surface area (Å²) in [5.74, 6) is 6.68. The Kier molecular flexibility index (Phi) is 6.83. The second kappa shape index (κ2) is 8.51. The minimum absolute atomic E-state index is 0. The van der Waals surface area contributed by atoms with Crippen molar-refractivity contribution in [2.45, 2.75) is 31.9 Å². The molecule has 2 aliphatic rings. The molecule has 1 spiro atoms. The third-order valence-electron chi connectivity index (χ3n) is 5.14. The van der Waals surface area contributed by atoms with Crippen LogP contribution in [0.3, 0.4) is 0 Å². The number of halogens is 4. The standard InChI is InChI=1S/C19H22F3N3.HI/c1-23-17(25-13-11-18(14-25)9-3-10-18)24-12-2-4-15-5-7-16(8-6-15)19(20,21)22;/h5-8H,3,9-14H2,1H3,(H,23,24);1H. The summed E-state index contributed by atoms with van der Waals surface area (Å²) in [5.41, 5.74) is 0.415. The van der Waals surface area contributed by atoms with Crippen molar-refractivity contribution in [1.82, 2.24) is 10.2 Å². The van der Waals surface area contributed by atoms with Gasteiger partial charge in [-0.3, -0.25) is 4.99 Å². The van der Waals surface area contributed by atoms with E-state index in [1.165, 1.54) is 37.8 Å². The van der Waals surface area contributed by atoms with Crippen molar-refractivity contribution in [1.29, 1.82) is 0 Å². The van der Waals surface area contributed by atoms with Gasteiger partial charge in [-0.1, -0.05) is 18.3 Å². The topological polar surface area (TPSA) is 27.6 Å². The SMILES string of the molecule is CN=C(NCC#Cc1ccc(C(F)(F)F)cc1)N1CCC2(CCC2)C1.I. The molecule has 1 heterocycles. The van der Waals surface area contributed by atoms with E-state index in [-0.39, 0.29) is 24.0 Å². The number of nitrogens with zero attached hydrogens (tertiary/aromatic N) is 2. The van der Waals surface area contributed by atoms with Crippen LogP contribution in [0.2, 0.25) is 0 Å². The zero-order valence-electron chi connectivity index (χ0n) is 14.7. The van der Waals surface area contributed by atoms with Crippen molar-refractivity contribution in [2.24, 2.45) is 10.4 Å². The Balaban J connectivity index is 0.00000243. The molecule has 142 valence electrons. The van der Waals surface area contributed by atoms with Crippen LogP contribution in [0.25, 0.3) is 0 Å². The fourth-order valence-corrected chi connectivity index (χ4v) is 3.55. The summed E-state index contributed by atoms with van der Waals surface area (Å²) >= 11 is 0. The third-order valence-corrected chi connectivity index (χ3v) is 5.14. The van der Waals surface area contributed by atoms with E-state index >= 15 is 0 Å². The minimum Gasteiger partial charge on any atom is -0.345 e. The number of hydrogen-bond donors (Lipinski definition) is 1. The van der Waals surface area contributed by atoms with E-state index in [4.69, 9.17) is 0 Å². The molecule has 1 aromatic rings. The monoisotopic (exact) mass is 477 g/mol. The van der Waals surface area contributed by atoms with Crippen LogP contribution in [-0.4, -0.2) is 37.5 Å². The highest BCUT2D eigenvalue weighted by molar-refractivity contribution is 14.0. The van der Waals surface area contributed by atoms with Gasteiger partial charge in [-0.25, -0.2) is 0 Å². The Morgan fingerprint density at radius 3 is 2.42 bits per heavy atom. The maximum Gasteiger partial charge on any atom is 0.416 e. The van der Waals surface area contributed by atoms with Crippen LogP contribution >= 0.6 is 24.0 Å². The third kappa shape index (κ3) is 4.84. The van der Waals surface area contributed by atoms with E-state index in [0.29, 0.717) is 17.5 Å². The van der Waals surface area contributed by atoms with Crippen molar-refractivity contribution in [3.05, 3.63) is 35.4 Å². The maximum absolute atomic E-state index is 12.5. The van der Waals surface area contributed by atoms with E-state index < -0.39 is 11.7 Å². The van der Waals surface area contributed by atoms with Crippen molar-refractivity contribution >= 4 is 29.9 Å². The number of aliphatic imine (C=N–C) groups is 1. The van der Waals surface area contributed by atoms with Gasteiger partial charge in [0.1, 0.15) is 0 Å². The van der Waals surface area contributed by atoms with E-state index in [2.05, 4.69) is 27.0 Å². The lowest BCUT2D eigenvalue weighted by atomic mass is 9.68. The molecule has 0 unspecified atom stereocenters. The second-order valence-electron chi connectivity index (χ2n) is 6.80. The lowest BCUT2D eigenvalue weighted by Gasteiger charge is -2.38. The van der Waals surface area contributed by atoms with Crippen LogP contribution in [-0.2, 0) is 6.18 Å². The summed E-state index contributed by atoms with van der Waals surface area (Å²) in [6.07, 6.45) is 0.874. The highest BCUT2D eigenvalue weighted by Crippen LogP contribution is 2.47. The van der Waals surface area contributed by atoms with Crippen LogP contribution in [0.15, 0.2) is 29.3 Å². The summed E-state index contributed by atoms with van der Waals surface area (Å²) < 4.78 is 37.6. The first kappa shape index (κ1) is 20.9. The number of guanidine groups is 1. The fourth-order valence-electron chi connectivity index (χ4n) is 3.55. The van der Waals surface area contributed by atoms with Gasteiger partial charge in [-0.15, -0.1) is 24.0 Å². The van der Waals surface area contributed by atoms with Gasteiger partial charge < -0.3 is 10.2 Å². The largest absolute Gasteiger partial charge is 0.416 e. The Labute approximate surface area is 169 Å². The van der Waals surface area contributed by atoms with Gasteiger partial charge in [0.2, 0.25) is 0 Å². The molecule has 0 atom stereocenters. The molecule has 1 aliphatic heterocycles. The van der Waals surface area contributed by atoms with Gasteiger partial charge in [-0.2, -0.15) is 13.2 Å². The molecule has 0 radical (unpaired) electrons. The average molecular weight is 477 g/mol. The van der Waals surface area contributed by atoms with Gasteiger partial charge in [0.05, 0.1) is 12.1 Å². The quantitative estimate of drug-likeness (QED) is 0.285. The maximum atomic E-state index is 12.5. The summed E-state index contributed by atoms with van der Waals surface area (Å²) in [6.45, 7) is 2.49. The normalized spacial score (nSPS) is 18.6. The second-order valence-corrected chi connectivity index (χ2v) is 6.80. The molecule has 7 heteroatoms. The predicted octanol–water partition coefficient (Wildman–Crippen LogP) is 4.13. The Morgan fingerprint density at radius 1 is 1.23 bits per heavy atom. The Morgan fingerprint density at radius 2 is 1.92 bits per heavy atom. The predicted molar refractivity (Wildman–Crippen MR) is 108 cm³/mol. The smallest absolute Gasteiger partial charge is 0.345 e. The number of likely N-dealkylation sites (tertiary alicyclic amines) is 1. The van der Waals surface area contributed by atoms with E-state index in [1.807, 2.05) is 0 Å². The number of benzene rings is 1. The molecule has 1 aromatic carbocycles. The summed E-state index contributed by atoms with van der Waals surface area (Å²) in [4.78, 5) is 6.59. The Hall–Kier alpha value is -1.43. The van der Waals surface area contributed by atoms with Gasteiger partial charge >= 0.3 is 6.18 Å². The zero-order chi connectivity index (χ0) is 17.9. The molecule has 26 heavy (non-hydrogen) atoms. The molecule has 2 fully saturated rings. The molecular formula is C19H23F3IN3. The van der Waals surface area contributed by atoms with E-state index in [0.717, 1.165) is 31.2 Å². The van der Waals surface area contributed by atoms with Crippen LogP contribution < -0.4 is 5.32 Å². The number of alkyl halides is 3. The molecule has 0 bridgehead atoms. The zero-order valence-corrected chi connectivity index (χ0v) is 17.0. The van der Waals surface area contributed by atoms with Gasteiger partial charge in [0.25, 0.3) is 0 Å². The molecular weight excluding hydrogens is 454 g/mol. The summed E-state index contributed by atoms with van der Waals surface area (Å²) in [7, 11) is 1.76. The average Bonchev–Trinajstić information content (AvgIpc) is 3.00. The number of nitrogens with one attached hydrogen (secondary N) is 1. The van der Waals surface area contributed by atoms with Crippen molar-refractivity contribution in [3.63, 3.8) is 0 Å². The van der Waals surface area contributed by atoms with Crippen LogP contribution in [0.5, 0.6) is 0 Å². The first-order valence-corrected chi connectivity index (χ1v) is 8.54. The summed E-state index contributed by atoms with van der Waals surface area (Å²) in [6, 6.07) is 4.90. The molecule has 1 N–H and O–H groups in total. The van der Waals surface area contributed by atoms with Crippen molar-refractivity contribution in [2.75, 3.05) is 26.7 Å². The molecule has 3 nitrogen and oxygen atoms in total. The Bertz CT molecular complexity index is 697. The molecule has 0 amide bonds. The van der Waals surface area contributed by atoms with Crippen LogP contribution in [0, 0.1) is 17.3 Å². The molecule has 0 aromatic heterocycles. The molecule has 1 aliphatic carbocycles. The van der Waals surface area contributed by atoms with Crippen molar-refractivity contribution < 1.29 is 13.2 Å². The number of rotatable bonds is 1.